The first kappa shape index (κ1) is 13.0. The van der Waals surface area contributed by atoms with Crippen LogP contribution in [0.25, 0.3) is 17.2 Å². The van der Waals surface area contributed by atoms with Crippen molar-refractivity contribution in [3.05, 3.63) is 29.1 Å². The van der Waals surface area contributed by atoms with E-state index in [1.54, 1.807) is 0 Å². The number of H-pyrrole nitrogens is 1. The van der Waals surface area contributed by atoms with Gasteiger partial charge >= 0.3 is 0 Å². The second-order valence-corrected chi connectivity index (χ2v) is 4.61. The van der Waals surface area contributed by atoms with Crippen LogP contribution in [-0.2, 0) is 4.74 Å². The molecule has 1 fully saturated rings. The zero-order chi connectivity index (χ0) is 14.3. The summed E-state index contributed by atoms with van der Waals surface area (Å²) in [7, 11) is 0. The van der Waals surface area contributed by atoms with E-state index >= 15 is 0 Å². The molecule has 1 aliphatic heterocycles. The first-order chi connectivity index (χ1) is 9.63. The summed E-state index contributed by atoms with van der Waals surface area (Å²) in [4.78, 5) is 22.6. The Hall–Kier alpha value is -2.03. The number of hydrogen-bond donors (Lipinski definition) is 3. The molecule has 3 rings (SSSR count). The van der Waals surface area contributed by atoms with E-state index in [-0.39, 0.29) is 17.7 Å². The number of fused-ring (bicyclic) bond motifs is 1. The minimum atomic E-state index is -0.794. The number of hydrogen-bond acceptors (Lipinski definition) is 6. The van der Waals surface area contributed by atoms with Crippen molar-refractivity contribution >= 4 is 17.2 Å². The smallest absolute Gasteiger partial charge is 0.279 e. The number of aromatic nitrogens is 4. The Kier molecular flexibility index (Phi) is 3.13. The van der Waals surface area contributed by atoms with Crippen LogP contribution in [-0.4, -0.2) is 48.5 Å². The molecule has 2 aromatic heterocycles. The van der Waals surface area contributed by atoms with Crippen LogP contribution in [0.1, 0.15) is 18.5 Å². The fourth-order valence-electron chi connectivity index (χ4n) is 2.32. The second-order valence-electron chi connectivity index (χ2n) is 4.61. The summed E-state index contributed by atoms with van der Waals surface area (Å²) in [5.41, 5.74) is 0.0972. The summed E-state index contributed by atoms with van der Waals surface area (Å²) in [6.07, 6.45) is 1.18. The Morgan fingerprint density at radius 2 is 2.45 bits per heavy atom. The van der Waals surface area contributed by atoms with Crippen LogP contribution in [0.3, 0.4) is 0 Å². The van der Waals surface area contributed by atoms with Crippen LogP contribution >= 0.6 is 0 Å². The number of aromatic amines is 1. The normalized spacial score (nSPS) is 26.2. The van der Waals surface area contributed by atoms with Gasteiger partial charge in [0, 0.05) is 6.42 Å². The molecule has 0 aromatic carbocycles. The first-order valence-electron chi connectivity index (χ1n) is 6.17. The van der Waals surface area contributed by atoms with Gasteiger partial charge in [0.05, 0.1) is 19.0 Å². The predicted octanol–water partition coefficient (Wildman–Crippen LogP) is -0.597. The van der Waals surface area contributed by atoms with Gasteiger partial charge < -0.3 is 19.9 Å². The van der Waals surface area contributed by atoms with Gasteiger partial charge in [0.25, 0.3) is 5.56 Å². The highest BCUT2D eigenvalue weighted by Crippen LogP contribution is 2.30. The number of nitrogens with one attached hydrogen (secondary N) is 1. The molecule has 8 heteroatoms. The maximum absolute atomic E-state index is 11.8. The summed E-state index contributed by atoms with van der Waals surface area (Å²) in [5.74, 6) is 0.315. The molecule has 3 atom stereocenters. The number of ether oxygens (including phenoxy) is 1. The third kappa shape index (κ3) is 1.94. The zero-order valence-corrected chi connectivity index (χ0v) is 10.6. The van der Waals surface area contributed by atoms with Crippen molar-refractivity contribution in [3.8, 4) is 0 Å². The lowest BCUT2D eigenvalue weighted by atomic mass is 10.2. The van der Waals surface area contributed by atoms with Gasteiger partial charge in [0.2, 0.25) is 0 Å². The van der Waals surface area contributed by atoms with E-state index in [1.807, 2.05) is 0 Å². The summed E-state index contributed by atoms with van der Waals surface area (Å²) in [6.45, 7) is 3.38. The van der Waals surface area contributed by atoms with Crippen LogP contribution in [0.2, 0.25) is 0 Å². The van der Waals surface area contributed by atoms with Crippen LogP contribution in [0.4, 0.5) is 0 Å². The molecule has 20 heavy (non-hydrogen) atoms. The van der Waals surface area contributed by atoms with E-state index in [9.17, 15) is 9.90 Å². The molecule has 8 nitrogen and oxygen atoms in total. The maximum atomic E-state index is 11.8. The molecular formula is C12H14N4O4. The largest absolute Gasteiger partial charge is 0.394 e. The van der Waals surface area contributed by atoms with Crippen LogP contribution in [0.15, 0.2) is 17.7 Å². The van der Waals surface area contributed by atoms with Crippen LogP contribution in [0, 0.1) is 0 Å². The van der Waals surface area contributed by atoms with Gasteiger partial charge in [-0.2, -0.15) is 0 Å². The lowest BCUT2D eigenvalue weighted by Crippen LogP contribution is -2.20. The molecule has 3 N–H and O–H groups in total. The van der Waals surface area contributed by atoms with Crippen molar-refractivity contribution in [1.29, 1.82) is 0 Å². The Bertz CT molecular complexity index is 707. The molecule has 0 radical (unpaired) electrons. The van der Waals surface area contributed by atoms with E-state index in [1.165, 1.54) is 17.0 Å². The maximum Gasteiger partial charge on any atom is 0.279 e. The summed E-state index contributed by atoms with van der Waals surface area (Å²) in [6, 6.07) is 0. The summed E-state index contributed by atoms with van der Waals surface area (Å²) in [5, 5.41) is 19.1. The van der Waals surface area contributed by atoms with Gasteiger partial charge in [-0.25, -0.2) is 9.97 Å². The lowest BCUT2D eigenvalue weighted by molar-refractivity contribution is -0.0486. The van der Waals surface area contributed by atoms with Crippen LogP contribution < -0.4 is 5.56 Å². The molecule has 106 valence electrons. The molecule has 1 saturated heterocycles. The highest BCUT2D eigenvalue weighted by Gasteiger charge is 2.35. The van der Waals surface area contributed by atoms with Gasteiger partial charge in [-0.3, -0.25) is 9.36 Å². The Balaban J connectivity index is 2.10. The van der Waals surface area contributed by atoms with Gasteiger partial charge in [0.1, 0.15) is 11.9 Å². The monoisotopic (exact) mass is 278 g/mol. The Morgan fingerprint density at radius 1 is 1.65 bits per heavy atom. The standard InChI is InChI=1S/C12H14N4O4/c1-2-8-14-10-9(11(19)15-8)13-5-16(10)12-7(18)3-6(4-17)20-12/h2,5-7,12,17-18H,1,3-4H2,(H,14,15,19)/t6-,7+,12+/m0/s1. The molecule has 1 aliphatic rings. The van der Waals surface area contributed by atoms with Gasteiger partial charge in [-0.15, -0.1) is 0 Å². The fourth-order valence-corrected chi connectivity index (χ4v) is 2.32. The summed E-state index contributed by atoms with van der Waals surface area (Å²) < 4.78 is 7.03. The molecule has 3 heterocycles. The molecule has 2 aromatic rings. The average molecular weight is 278 g/mol. The quantitative estimate of drug-likeness (QED) is 0.691. The van der Waals surface area contributed by atoms with Gasteiger partial charge in [-0.1, -0.05) is 6.58 Å². The zero-order valence-electron chi connectivity index (χ0n) is 10.6. The highest BCUT2D eigenvalue weighted by molar-refractivity contribution is 5.70. The van der Waals surface area contributed by atoms with Crippen LogP contribution in [0.5, 0.6) is 0 Å². The third-order valence-electron chi connectivity index (χ3n) is 3.29. The van der Waals surface area contributed by atoms with E-state index in [2.05, 4.69) is 21.5 Å². The lowest BCUT2D eigenvalue weighted by Gasteiger charge is -2.16. The molecule has 0 bridgehead atoms. The number of rotatable bonds is 3. The molecule has 0 unspecified atom stereocenters. The molecule has 0 spiro atoms. The van der Waals surface area contributed by atoms with Gasteiger partial charge in [-0.05, 0) is 6.08 Å². The van der Waals surface area contributed by atoms with E-state index < -0.39 is 18.4 Å². The van der Waals surface area contributed by atoms with Crippen molar-refractivity contribution in [3.63, 3.8) is 0 Å². The number of imidazole rings is 1. The Morgan fingerprint density at radius 3 is 3.10 bits per heavy atom. The van der Waals surface area contributed by atoms with Crippen molar-refractivity contribution in [2.45, 2.75) is 24.9 Å². The van der Waals surface area contributed by atoms with Gasteiger partial charge in [0.15, 0.2) is 17.4 Å². The molecular weight excluding hydrogens is 264 g/mol. The topological polar surface area (TPSA) is 113 Å². The van der Waals surface area contributed by atoms with E-state index in [0.29, 0.717) is 17.9 Å². The summed E-state index contributed by atoms with van der Waals surface area (Å²) >= 11 is 0. The fraction of sp³-hybridized carbons (Fsp3) is 0.417. The SMILES string of the molecule is C=Cc1nc2c(ncn2[C@@H]2O[C@H](CO)C[C@H]2O)c(=O)[nH]1. The number of aliphatic hydroxyl groups excluding tert-OH is 2. The average Bonchev–Trinajstić information content (AvgIpc) is 3.01. The van der Waals surface area contributed by atoms with E-state index in [0.717, 1.165) is 0 Å². The van der Waals surface area contributed by atoms with E-state index in [4.69, 9.17) is 9.84 Å². The van der Waals surface area contributed by atoms with Crippen molar-refractivity contribution in [1.82, 2.24) is 19.5 Å². The minimum Gasteiger partial charge on any atom is -0.394 e. The first-order valence-corrected chi connectivity index (χ1v) is 6.17. The molecule has 0 amide bonds. The van der Waals surface area contributed by atoms with Crippen molar-refractivity contribution in [2.75, 3.05) is 6.61 Å². The highest BCUT2D eigenvalue weighted by atomic mass is 16.5. The second kappa shape index (κ2) is 4.82. The molecule has 0 aliphatic carbocycles. The van der Waals surface area contributed by atoms with Crippen molar-refractivity contribution in [2.24, 2.45) is 0 Å². The number of nitrogens with zero attached hydrogens (tertiary/aromatic N) is 3. The number of aliphatic hydroxyl groups is 2. The minimum absolute atomic E-state index is 0.166. The molecule has 0 saturated carbocycles. The van der Waals surface area contributed by atoms with Crippen molar-refractivity contribution < 1.29 is 14.9 Å². The third-order valence-corrected chi connectivity index (χ3v) is 3.29. The predicted molar refractivity (Wildman–Crippen MR) is 69.9 cm³/mol. The Labute approximate surface area is 113 Å².